The van der Waals surface area contributed by atoms with Gasteiger partial charge in [0.25, 0.3) is 5.91 Å². The van der Waals surface area contributed by atoms with Crippen molar-refractivity contribution >= 4 is 46.3 Å². The standard InChI is InChI=1S/C23H23N3O2S2/c1-15(27)26-11-4-5-16-13-17(6-7-19(16)26)24-22(28)21-18-8-12-29-14-20(18)30-23(21)25-9-2-3-10-25/h2-3,6-7,9-10,13H,4-5,8,11-12,14H2,1H3,(H,24,28). The summed E-state index contributed by atoms with van der Waals surface area (Å²) in [6, 6.07) is 9.85. The van der Waals surface area contributed by atoms with Crippen LogP contribution in [0.2, 0.25) is 0 Å². The van der Waals surface area contributed by atoms with Crippen LogP contribution in [0.15, 0.2) is 42.7 Å². The highest BCUT2D eigenvalue weighted by Crippen LogP contribution is 2.39. The molecule has 0 aliphatic carbocycles. The van der Waals surface area contributed by atoms with E-state index in [1.807, 2.05) is 64.0 Å². The maximum absolute atomic E-state index is 13.4. The molecule has 2 aromatic heterocycles. The number of aromatic nitrogens is 1. The molecule has 1 aromatic carbocycles. The molecule has 3 aromatic rings. The van der Waals surface area contributed by atoms with Crippen LogP contribution in [0.25, 0.3) is 5.00 Å². The lowest BCUT2D eigenvalue weighted by Crippen LogP contribution is -2.33. The Morgan fingerprint density at radius 3 is 2.77 bits per heavy atom. The number of nitrogens with zero attached hydrogens (tertiary/aromatic N) is 2. The van der Waals surface area contributed by atoms with Crippen molar-refractivity contribution < 1.29 is 9.59 Å². The number of carbonyl (C=O) groups is 2. The molecule has 5 nitrogen and oxygen atoms in total. The van der Waals surface area contributed by atoms with Crippen LogP contribution in [0.5, 0.6) is 0 Å². The third-order valence-electron chi connectivity index (χ3n) is 5.70. The Morgan fingerprint density at radius 1 is 1.13 bits per heavy atom. The molecule has 30 heavy (non-hydrogen) atoms. The van der Waals surface area contributed by atoms with E-state index in [2.05, 4.69) is 5.32 Å². The Balaban J connectivity index is 1.48. The van der Waals surface area contributed by atoms with Crippen molar-refractivity contribution in [2.45, 2.75) is 31.9 Å². The topological polar surface area (TPSA) is 54.3 Å². The number of thioether (sulfide) groups is 1. The lowest BCUT2D eigenvalue weighted by Gasteiger charge is -2.29. The SMILES string of the molecule is CC(=O)N1CCCc2cc(NC(=O)c3c(-n4cccc4)sc4c3CCSC4)ccc21. The number of rotatable bonds is 3. The molecule has 2 aliphatic rings. The van der Waals surface area contributed by atoms with Gasteiger partial charge in [-0.3, -0.25) is 9.59 Å². The van der Waals surface area contributed by atoms with Gasteiger partial charge in [0.05, 0.1) is 5.56 Å². The monoisotopic (exact) mass is 437 g/mol. The van der Waals surface area contributed by atoms with Gasteiger partial charge in [-0.05, 0) is 66.5 Å². The molecule has 0 spiro atoms. The summed E-state index contributed by atoms with van der Waals surface area (Å²) in [6.07, 6.45) is 6.78. The lowest BCUT2D eigenvalue weighted by atomic mass is 10.0. The van der Waals surface area contributed by atoms with Crippen molar-refractivity contribution in [2.24, 2.45) is 0 Å². The first-order chi connectivity index (χ1) is 14.6. The largest absolute Gasteiger partial charge is 0.322 e. The summed E-state index contributed by atoms with van der Waals surface area (Å²) in [5.41, 5.74) is 4.86. The first kappa shape index (κ1) is 19.5. The van der Waals surface area contributed by atoms with Crippen LogP contribution in [0.4, 0.5) is 11.4 Å². The third-order valence-corrected chi connectivity index (χ3v) is 8.12. The van der Waals surface area contributed by atoms with E-state index < -0.39 is 0 Å². The lowest BCUT2D eigenvalue weighted by molar-refractivity contribution is -0.116. The van der Waals surface area contributed by atoms with Crippen molar-refractivity contribution in [2.75, 3.05) is 22.5 Å². The van der Waals surface area contributed by atoms with Crippen molar-refractivity contribution in [1.82, 2.24) is 4.57 Å². The molecule has 0 unspecified atom stereocenters. The predicted octanol–water partition coefficient (Wildman–Crippen LogP) is 4.88. The molecule has 0 saturated carbocycles. The summed E-state index contributed by atoms with van der Waals surface area (Å²) >= 11 is 3.65. The Bertz CT molecular complexity index is 1120. The minimum absolute atomic E-state index is 0.0534. The highest BCUT2D eigenvalue weighted by atomic mass is 32.2. The van der Waals surface area contributed by atoms with Crippen LogP contribution < -0.4 is 10.2 Å². The van der Waals surface area contributed by atoms with Crippen LogP contribution in [0, 0.1) is 0 Å². The van der Waals surface area contributed by atoms with Gasteiger partial charge in [-0.15, -0.1) is 11.3 Å². The normalized spacial score (nSPS) is 15.4. The number of amides is 2. The number of hydrogen-bond acceptors (Lipinski definition) is 4. The zero-order valence-corrected chi connectivity index (χ0v) is 18.4. The molecule has 5 rings (SSSR count). The van der Waals surface area contributed by atoms with Crippen LogP contribution in [0.3, 0.4) is 0 Å². The fourth-order valence-electron chi connectivity index (χ4n) is 4.30. The first-order valence-corrected chi connectivity index (χ1v) is 12.2. The van der Waals surface area contributed by atoms with Crippen molar-refractivity contribution in [3.05, 3.63) is 64.3 Å². The summed E-state index contributed by atoms with van der Waals surface area (Å²) in [5, 5.41) is 4.13. The maximum atomic E-state index is 13.4. The number of carbonyl (C=O) groups excluding carboxylic acids is 2. The molecule has 0 atom stereocenters. The third kappa shape index (κ3) is 3.46. The summed E-state index contributed by atoms with van der Waals surface area (Å²) in [7, 11) is 0. The second kappa shape index (κ2) is 7.96. The molecule has 0 saturated heterocycles. The molecule has 1 N–H and O–H groups in total. The Labute approximate surface area is 184 Å². The molecule has 2 aliphatic heterocycles. The molecular formula is C23H23N3O2S2. The molecule has 154 valence electrons. The summed E-state index contributed by atoms with van der Waals surface area (Å²) < 4.78 is 2.04. The number of anilines is 2. The molecule has 7 heteroatoms. The van der Waals surface area contributed by atoms with Gasteiger partial charge < -0.3 is 14.8 Å². The van der Waals surface area contributed by atoms with E-state index in [0.29, 0.717) is 0 Å². The van der Waals surface area contributed by atoms with Crippen molar-refractivity contribution in [3.63, 3.8) is 0 Å². The van der Waals surface area contributed by atoms with Gasteiger partial charge in [0.2, 0.25) is 5.91 Å². The van der Waals surface area contributed by atoms with Crippen molar-refractivity contribution in [3.8, 4) is 5.00 Å². The first-order valence-electron chi connectivity index (χ1n) is 10.2. The maximum Gasteiger partial charge on any atom is 0.258 e. The average Bonchev–Trinajstić information content (AvgIpc) is 3.40. The Morgan fingerprint density at radius 2 is 1.97 bits per heavy atom. The summed E-state index contributed by atoms with van der Waals surface area (Å²) in [5.74, 6) is 2.03. The number of hydrogen-bond donors (Lipinski definition) is 1. The van der Waals surface area contributed by atoms with E-state index in [9.17, 15) is 9.59 Å². The Kier molecular flexibility index (Phi) is 5.16. The number of thiophene rings is 1. The van der Waals surface area contributed by atoms with Crippen LogP contribution >= 0.6 is 23.1 Å². The highest BCUT2D eigenvalue weighted by Gasteiger charge is 2.27. The van der Waals surface area contributed by atoms with Gasteiger partial charge in [-0.25, -0.2) is 0 Å². The van der Waals surface area contributed by atoms with E-state index in [0.717, 1.165) is 64.8 Å². The summed E-state index contributed by atoms with van der Waals surface area (Å²) in [4.78, 5) is 28.5. The number of fused-ring (bicyclic) bond motifs is 2. The summed E-state index contributed by atoms with van der Waals surface area (Å²) in [6.45, 7) is 2.36. The van der Waals surface area contributed by atoms with Gasteiger partial charge in [0.1, 0.15) is 5.00 Å². The fourth-order valence-corrected chi connectivity index (χ4v) is 6.74. The minimum Gasteiger partial charge on any atom is -0.322 e. The average molecular weight is 438 g/mol. The van der Waals surface area contributed by atoms with Gasteiger partial charge in [-0.1, -0.05) is 0 Å². The van der Waals surface area contributed by atoms with E-state index in [-0.39, 0.29) is 11.8 Å². The smallest absolute Gasteiger partial charge is 0.258 e. The van der Waals surface area contributed by atoms with E-state index in [1.165, 1.54) is 10.4 Å². The number of nitrogens with one attached hydrogen (secondary N) is 1. The molecule has 2 amide bonds. The number of aryl methyl sites for hydroxylation is 1. The van der Waals surface area contributed by atoms with Gasteiger partial charge >= 0.3 is 0 Å². The van der Waals surface area contributed by atoms with Crippen LogP contribution in [-0.2, 0) is 23.4 Å². The molecule has 0 fully saturated rings. The van der Waals surface area contributed by atoms with Crippen LogP contribution in [0.1, 0.15) is 39.7 Å². The minimum atomic E-state index is -0.0534. The van der Waals surface area contributed by atoms with E-state index in [4.69, 9.17) is 0 Å². The van der Waals surface area contributed by atoms with Crippen molar-refractivity contribution in [1.29, 1.82) is 0 Å². The quantitative estimate of drug-likeness (QED) is 0.635. The number of benzene rings is 1. The second-order valence-corrected chi connectivity index (χ2v) is 9.84. The molecule has 4 heterocycles. The van der Waals surface area contributed by atoms with Gasteiger partial charge in [-0.2, -0.15) is 11.8 Å². The molecular weight excluding hydrogens is 414 g/mol. The zero-order valence-electron chi connectivity index (χ0n) is 16.8. The van der Waals surface area contributed by atoms with E-state index in [1.54, 1.807) is 18.3 Å². The van der Waals surface area contributed by atoms with E-state index >= 15 is 0 Å². The van der Waals surface area contributed by atoms with Gasteiger partial charge in [0.15, 0.2) is 0 Å². The Hall–Kier alpha value is -2.51. The molecule has 0 radical (unpaired) electrons. The molecule has 0 bridgehead atoms. The fraction of sp³-hybridized carbons (Fsp3) is 0.304. The van der Waals surface area contributed by atoms with Crippen LogP contribution in [-0.4, -0.2) is 28.7 Å². The zero-order chi connectivity index (χ0) is 20.7. The highest BCUT2D eigenvalue weighted by molar-refractivity contribution is 7.98. The second-order valence-electron chi connectivity index (χ2n) is 7.65. The predicted molar refractivity (Wildman–Crippen MR) is 124 cm³/mol. The van der Waals surface area contributed by atoms with Gasteiger partial charge in [0, 0.05) is 47.9 Å².